The Balaban J connectivity index is 2.74. The number of fused-ring (bicyclic) bond motifs is 1. The maximum atomic E-state index is 12.7. The number of amides is 1. The summed E-state index contributed by atoms with van der Waals surface area (Å²) in [4.78, 5) is 27.2. The van der Waals surface area contributed by atoms with Crippen LogP contribution in [0.25, 0.3) is 10.8 Å². The van der Waals surface area contributed by atoms with Crippen molar-refractivity contribution < 1.29 is 4.79 Å². The van der Waals surface area contributed by atoms with E-state index in [1.807, 2.05) is 39.0 Å². The van der Waals surface area contributed by atoms with Crippen LogP contribution in [0.15, 0.2) is 41.7 Å². The van der Waals surface area contributed by atoms with Crippen LogP contribution in [-0.4, -0.2) is 28.5 Å². The number of benzene rings is 1. The third-order valence-electron chi connectivity index (χ3n) is 3.85. The average molecular weight is 298 g/mol. The van der Waals surface area contributed by atoms with Crippen LogP contribution in [0, 0.1) is 6.92 Å². The van der Waals surface area contributed by atoms with E-state index in [1.165, 1.54) is 4.57 Å². The molecule has 0 N–H and O–H groups in total. The number of carbonyl (C=O) groups is 1. The van der Waals surface area contributed by atoms with Crippen LogP contribution in [0.5, 0.6) is 0 Å². The van der Waals surface area contributed by atoms with E-state index >= 15 is 0 Å². The number of hydrogen-bond donors (Lipinski definition) is 0. The first-order valence-corrected chi connectivity index (χ1v) is 7.57. The molecule has 1 amide bonds. The zero-order valence-electron chi connectivity index (χ0n) is 13.4. The van der Waals surface area contributed by atoms with Gasteiger partial charge in [-0.25, -0.2) is 0 Å². The van der Waals surface area contributed by atoms with E-state index in [4.69, 9.17) is 0 Å². The normalized spacial score (nSPS) is 10.7. The molecule has 0 fully saturated rings. The van der Waals surface area contributed by atoms with Crippen molar-refractivity contribution in [2.24, 2.45) is 0 Å². The molecular weight excluding hydrogens is 276 g/mol. The van der Waals surface area contributed by atoms with Gasteiger partial charge in [-0.15, -0.1) is 6.58 Å². The van der Waals surface area contributed by atoms with E-state index < -0.39 is 0 Å². The number of nitrogens with zero attached hydrogens (tertiary/aromatic N) is 2. The van der Waals surface area contributed by atoms with Gasteiger partial charge in [0.25, 0.3) is 11.5 Å². The highest BCUT2D eigenvalue weighted by Crippen LogP contribution is 2.16. The van der Waals surface area contributed by atoms with Gasteiger partial charge in [0.2, 0.25) is 0 Å². The lowest BCUT2D eigenvalue weighted by Gasteiger charge is -2.21. The predicted octanol–water partition coefficient (Wildman–Crippen LogP) is 2.98. The van der Waals surface area contributed by atoms with Gasteiger partial charge in [0, 0.05) is 25.0 Å². The monoisotopic (exact) mass is 298 g/mol. The second-order valence-electron chi connectivity index (χ2n) is 5.30. The minimum absolute atomic E-state index is 0.119. The minimum Gasteiger partial charge on any atom is -0.338 e. The SMILES string of the molecule is C=CCn1c(C(=O)N(CC)CC)cc2ccc(C)cc2c1=O. The fourth-order valence-electron chi connectivity index (χ4n) is 2.62. The molecule has 0 spiro atoms. The van der Waals surface area contributed by atoms with Gasteiger partial charge in [-0.2, -0.15) is 0 Å². The van der Waals surface area contributed by atoms with Crippen LogP contribution in [0.4, 0.5) is 0 Å². The van der Waals surface area contributed by atoms with Crippen LogP contribution in [0.3, 0.4) is 0 Å². The summed E-state index contributed by atoms with van der Waals surface area (Å²) in [5.41, 5.74) is 1.30. The summed E-state index contributed by atoms with van der Waals surface area (Å²) in [6.45, 7) is 11.1. The van der Waals surface area contributed by atoms with Gasteiger partial charge in [0.15, 0.2) is 0 Å². The molecule has 0 aliphatic heterocycles. The lowest BCUT2D eigenvalue weighted by molar-refractivity contribution is 0.0761. The molecule has 0 bridgehead atoms. The zero-order chi connectivity index (χ0) is 16.3. The Morgan fingerprint density at radius 2 is 1.95 bits per heavy atom. The molecule has 4 heteroatoms. The predicted molar refractivity (Wildman–Crippen MR) is 90.4 cm³/mol. The number of pyridine rings is 1. The number of aromatic nitrogens is 1. The molecule has 2 rings (SSSR count). The average Bonchev–Trinajstić information content (AvgIpc) is 2.51. The van der Waals surface area contributed by atoms with Crippen molar-refractivity contribution in [2.45, 2.75) is 27.3 Å². The number of carbonyl (C=O) groups excluding carboxylic acids is 1. The Kier molecular flexibility index (Phi) is 4.81. The Hall–Kier alpha value is -2.36. The van der Waals surface area contributed by atoms with E-state index in [0.29, 0.717) is 30.7 Å². The standard InChI is InChI=1S/C18H22N2O2/c1-5-10-20-16(18(22)19(6-2)7-3)12-14-9-8-13(4)11-15(14)17(20)21/h5,8-9,11-12H,1,6-7,10H2,2-4H3. The van der Waals surface area contributed by atoms with E-state index in [0.717, 1.165) is 10.9 Å². The first-order valence-electron chi connectivity index (χ1n) is 7.57. The maximum Gasteiger partial charge on any atom is 0.270 e. The van der Waals surface area contributed by atoms with Crippen molar-refractivity contribution in [1.82, 2.24) is 9.47 Å². The fraction of sp³-hybridized carbons (Fsp3) is 0.333. The second-order valence-corrected chi connectivity index (χ2v) is 5.30. The molecule has 116 valence electrons. The molecule has 0 unspecified atom stereocenters. The largest absolute Gasteiger partial charge is 0.338 e. The second kappa shape index (κ2) is 6.60. The van der Waals surface area contributed by atoms with Crippen molar-refractivity contribution in [3.05, 3.63) is 58.5 Å². The summed E-state index contributed by atoms with van der Waals surface area (Å²) >= 11 is 0. The summed E-state index contributed by atoms with van der Waals surface area (Å²) in [5, 5.41) is 1.43. The molecule has 0 atom stereocenters. The van der Waals surface area contributed by atoms with E-state index in [1.54, 1.807) is 17.0 Å². The van der Waals surface area contributed by atoms with Crippen molar-refractivity contribution in [2.75, 3.05) is 13.1 Å². The molecule has 0 radical (unpaired) electrons. The molecule has 0 saturated carbocycles. The molecular formula is C18H22N2O2. The summed E-state index contributed by atoms with van der Waals surface area (Å²) in [6.07, 6.45) is 1.64. The highest BCUT2D eigenvalue weighted by Gasteiger charge is 2.18. The van der Waals surface area contributed by atoms with Gasteiger partial charge in [0.1, 0.15) is 5.69 Å². The van der Waals surface area contributed by atoms with E-state index in [-0.39, 0.29) is 11.5 Å². The Morgan fingerprint density at radius 3 is 2.55 bits per heavy atom. The lowest BCUT2D eigenvalue weighted by atomic mass is 10.1. The maximum absolute atomic E-state index is 12.7. The molecule has 0 aliphatic carbocycles. The van der Waals surface area contributed by atoms with Gasteiger partial charge >= 0.3 is 0 Å². The molecule has 4 nitrogen and oxygen atoms in total. The summed E-state index contributed by atoms with van der Waals surface area (Å²) in [6, 6.07) is 7.51. The van der Waals surface area contributed by atoms with Gasteiger partial charge in [-0.05, 0) is 38.3 Å². The summed E-state index contributed by atoms with van der Waals surface area (Å²) in [5.74, 6) is -0.119. The van der Waals surface area contributed by atoms with Crippen LogP contribution in [-0.2, 0) is 6.54 Å². The van der Waals surface area contributed by atoms with Crippen molar-refractivity contribution in [3.63, 3.8) is 0 Å². The van der Waals surface area contributed by atoms with Crippen LogP contribution >= 0.6 is 0 Å². The Labute approximate surface area is 130 Å². The molecule has 0 aliphatic rings. The first-order chi connectivity index (χ1) is 10.5. The third kappa shape index (κ3) is 2.82. The van der Waals surface area contributed by atoms with E-state index in [2.05, 4.69) is 6.58 Å². The number of allylic oxidation sites excluding steroid dienone is 1. The molecule has 1 heterocycles. The van der Waals surface area contributed by atoms with Crippen LogP contribution in [0.2, 0.25) is 0 Å². The van der Waals surface area contributed by atoms with Gasteiger partial charge < -0.3 is 4.90 Å². The molecule has 2 aromatic rings. The highest BCUT2D eigenvalue weighted by atomic mass is 16.2. The number of aryl methyl sites for hydroxylation is 1. The fourth-order valence-corrected chi connectivity index (χ4v) is 2.62. The van der Waals surface area contributed by atoms with Crippen molar-refractivity contribution >= 4 is 16.7 Å². The smallest absolute Gasteiger partial charge is 0.270 e. The Bertz CT molecular complexity index is 770. The zero-order valence-corrected chi connectivity index (χ0v) is 13.4. The molecule has 22 heavy (non-hydrogen) atoms. The Morgan fingerprint density at radius 1 is 1.27 bits per heavy atom. The highest BCUT2D eigenvalue weighted by molar-refractivity contribution is 5.96. The van der Waals surface area contributed by atoms with Gasteiger partial charge in [-0.3, -0.25) is 14.2 Å². The van der Waals surface area contributed by atoms with Crippen molar-refractivity contribution in [3.8, 4) is 0 Å². The molecule has 1 aromatic heterocycles. The van der Waals surface area contributed by atoms with Crippen molar-refractivity contribution in [1.29, 1.82) is 0 Å². The quantitative estimate of drug-likeness (QED) is 0.796. The molecule has 1 aromatic carbocycles. The minimum atomic E-state index is -0.142. The summed E-state index contributed by atoms with van der Waals surface area (Å²) < 4.78 is 1.51. The van der Waals surface area contributed by atoms with E-state index in [9.17, 15) is 9.59 Å². The first kappa shape index (κ1) is 16.0. The third-order valence-corrected chi connectivity index (χ3v) is 3.85. The number of rotatable bonds is 5. The number of hydrogen-bond acceptors (Lipinski definition) is 2. The van der Waals surface area contributed by atoms with Gasteiger partial charge in [-0.1, -0.05) is 23.8 Å². The van der Waals surface area contributed by atoms with Crippen LogP contribution in [0.1, 0.15) is 29.9 Å². The topological polar surface area (TPSA) is 42.3 Å². The molecule has 0 saturated heterocycles. The van der Waals surface area contributed by atoms with Gasteiger partial charge in [0.05, 0.1) is 0 Å². The lowest BCUT2D eigenvalue weighted by Crippen LogP contribution is -2.35. The summed E-state index contributed by atoms with van der Waals surface area (Å²) in [7, 11) is 0. The van der Waals surface area contributed by atoms with Crippen LogP contribution < -0.4 is 5.56 Å².